The van der Waals surface area contributed by atoms with Crippen molar-refractivity contribution >= 4 is 5.97 Å². The van der Waals surface area contributed by atoms with E-state index < -0.39 is 17.7 Å². The summed E-state index contributed by atoms with van der Waals surface area (Å²) >= 11 is 0. The van der Waals surface area contributed by atoms with Gasteiger partial charge in [-0.15, -0.1) is 0 Å². The van der Waals surface area contributed by atoms with Crippen LogP contribution < -0.4 is 0 Å². The third-order valence-electron chi connectivity index (χ3n) is 2.78. The molecule has 0 aliphatic heterocycles. The summed E-state index contributed by atoms with van der Waals surface area (Å²) in [6.07, 6.45) is -3.25. The van der Waals surface area contributed by atoms with Crippen LogP contribution in [-0.4, -0.2) is 17.6 Å². The Labute approximate surface area is 119 Å². The van der Waals surface area contributed by atoms with E-state index in [0.717, 1.165) is 6.07 Å². The van der Waals surface area contributed by atoms with Crippen LogP contribution in [0.3, 0.4) is 0 Å². The Morgan fingerprint density at radius 3 is 2.48 bits per heavy atom. The van der Waals surface area contributed by atoms with Crippen molar-refractivity contribution in [2.75, 3.05) is 6.61 Å². The van der Waals surface area contributed by atoms with E-state index in [0.29, 0.717) is 0 Å². The number of esters is 1. The average Bonchev–Trinajstić information content (AvgIpc) is 2.47. The van der Waals surface area contributed by atoms with Crippen LogP contribution in [0.5, 0.6) is 0 Å². The lowest BCUT2D eigenvalue weighted by Gasteiger charge is -2.12. The lowest BCUT2D eigenvalue weighted by atomic mass is 10.0. The molecule has 0 fully saturated rings. The number of pyridine rings is 1. The molecule has 6 heteroatoms. The number of hydrogen-bond donors (Lipinski definition) is 0. The van der Waals surface area contributed by atoms with Crippen molar-refractivity contribution in [3.05, 3.63) is 53.7 Å². The summed E-state index contributed by atoms with van der Waals surface area (Å²) in [5, 5.41) is 0. The first-order valence-electron chi connectivity index (χ1n) is 6.23. The van der Waals surface area contributed by atoms with E-state index in [9.17, 15) is 18.0 Å². The molecule has 3 nitrogen and oxygen atoms in total. The van der Waals surface area contributed by atoms with Gasteiger partial charge in [-0.3, -0.25) is 4.98 Å². The molecule has 1 aromatic carbocycles. The van der Waals surface area contributed by atoms with Crippen molar-refractivity contribution in [3.63, 3.8) is 0 Å². The number of carbonyl (C=O) groups is 1. The van der Waals surface area contributed by atoms with Gasteiger partial charge in [0.05, 0.1) is 23.4 Å². The lowest BCUT2D eigenvalue weighted by Crippen LogP contribution is -2.08. The molecule has 0 aliphatic rings. The minimum Gasteiger partial charge on any atom is -0.462 e. The molecule has 2 aromatic rings. The van der Waals surface area contributed by atoms with Gasteiger partial charge in [0, 0.05) is 11.8 Å². The topological polar surface area (TPSA) is 39.2 Å². The summed E-state index contributed by atoms with van der Waals surface area (Å²) in [6.45, 7) is 1.89. The van der Waals surface area contributed by atoms with Gasteiger partial charge in [-0.05, 0) is 25.1 Å². The number of ether oxygens (including phenoxy) is 1. The van der Waals surface area contributed by atoms with E-state index in [1.807, 2.05) is 0 Å². The number of benzene rings is 1. The van der Waals surface area contributed by atoms with Crippen molar-refractivity contribution in [1.29, 1.82) is 0 Å². The maximum absolute atomic E-state index is 12.9. The zero-order valence-corrected chi connectivity index (χ0v) is 11.1. The molecule has 0 unspecified atom stereocenters. The number of carbonyl (C=O) groups excluding carboxylic acids is 1. The smallest absolute Gasteiger partial charge is 0.417 e. The van der Waals surface area contributed by atoms with Crippen molar-refractivity contribution < 1.29 is 22.7 Å². The summed E-state index contributed by atoms with van der Waals surface area (Å²) in [6, 6.07) is 7.93. The zero-order chi connectivity index (χ0) is 15.5. The van der Waals surface area contributed by atoms with Crippen LogP contribution in [0.1, 0.15) is 22.8 Å². The van der Waals surface area contributed by atoms with Gasteiger partial charge in [0.1, 0.15) is 0 Å². The highest BCUT2D eigenvalue weighted by Gasteiger charge is 2.33. The Morgan fingerprint density at radius 1 is 1.19 bits per heavy atom. The largest absolute Gasteiger partial charge is 0.462 e. The maximum Gasteiger partial charge on any atom is 0.417 e. The molecular formula is C15H12F3NO2. The van der Waals surface area contributed by atoms with Gasteiger partial charge in [0.15, 0.2) is 0 Å². The Bertz CT molecular complexity index is 636. The van der Waals surface area contributed by atoms with E-state index in [2.05, 4.69) is 4.98 Å². The molecule has 1 aromatic heterocycles. The molecule has 110 valence electrons. The van der Waals surface area contributed by atoms with Crippen LogP contribution >= 0.6 is 0 Å². The van der Waals surface area contributed by atoms with Crippen LogP contribution in [0, 0.1) is 0 Å². The minimum absolute atomic E-state index is 0.0274. The van der Waals surface area contributed by atoms with Crippen LogP contribution in [0.4, 0.5) is 13.2 Å². The predicted octanol–water partition coefficient (Wildman–Crippen LogP) is 3.94. The quantitative estimate of drug-likeness (QED) is 0.805. The molecule has 0 amide bonds. The molecule has 0 saturated heterocycles. The third kappa shape index (κ3) is 3.39. The normalized spacial score (nSPS) is 11.2. The highest BCUT2D eigenvalue weighted by molar-refractivity contribution is 5.89. The Hall–Kier alpha value is -2.37. The van der Waals surface area contributed by atoms with Crippen molar-refractivity contribution in [3.8, 4) is 11.3 Å². The molecule has 0 radical (unpaired) electrons. The SMILES string of the molecule is CCOC(=O)c1ccc(-c2ccccc2C(F)(F)F)nc1. The van der Waals surface area contributed by atoms with Crippen LogP contribution in [0.25, 0.3) is 11.3 Å². The van der Waals surface area contributed by atoms with E-state index in [4.69, 9.17) is 4.74 Å². The van der Waals surface area contributed by atoms with Gasteiger partial charge in [0.2, 0.25) is 0 Å². The van der Waals surface area contributed by atoms with Gasteiger partial charge >= 0.3 is 12.1 Å². The van der Waals surface area contributed by atoms with Gasteiger partial charge in [-0.2, -0.15) is 13.2 Å². The molecule has 1 heterocycles. The molecule has 0 N–H and O–H groups in total. The highest BCUT2D eigenvalue weighted by Crippen LogP contribution is 2.36. The molecule has 0 bridgehead atoms. The number of alkyl halides is 3. The van der Waals surface area contributed by atoms with Crippen molar-refractivity contribution in [1.82, 2.24) is 4.98 Å². The standard InChI is InChI=1S/C15H12F3NO2/c1-2-21-14(20)10-7-8-13(19-9-10)11-5-3-4-6-12(11)15(16,17)18/h3-9H,2H2,1H3. The fourth-order valence-electron chi connectivity index (χ4n) is 1.84. The van der Waals surface area contributed by atoms with E-state index in [1.165, 1.54) is 36.5 Å². The summed E-state index contributed by atoms with van der Waals surface area (Å²) in [5.74, 6) is -0.555. The molecule has 0 saturated carbocycles. The Kier molecular flexibility index (Phi) is 4.26. The van der Waals surface area contributed by atoms with E-state index in [-0.39, 0.29) is 23.4 Å². The average molecular weight is 295 g/mol. The Balaban J connectivity index is 2.38. The maximum atomic E-state index is 12.9. The van der Waals surface area contributed by atoms with Gasteiger partial charge in [0.25, 0.3) is 0 Å². The number of aromatic nitrogens is 1. The zero-order valence-electron chi connectivity index (χ0n) is 11.1. The van der Waals surface area contributed by atoms with Crippen LogP contribution in [0.2, 0.25) is 0 Å². The second-order valence-electron chi connectivity index (χ2n) is 4.20. The number of halogens is 3. The number of rotatable bonds is 3. The van der Waals surface area contributed by atoms with Gasteiger partial charge < -0.3 is 4.74 Å². The number of hydrogen-bond acceptors (Lipinski definition) is 3. The van der Waals surface area contributed by atoms with Gasteiger partial charge in [-0.25, -0.2) is 4.79 Å². The number of nitrogens with zero attached hydrogens (tertiary/aromatic N) is 1. The second-order valence-corrected chi connectivity index (χ2v) is 4.20. The molecule has 0 aliphatic carbocycles. The van der Waals surface area contributed by atoms with E-state index >= 15 is 0 Å². The third-order valence-corrected chi connectivity index (χ3v) is 2.78. The second kappa shape index (κ2) is 5.95. The molecular weight excluding hydrogens is 283 g/mol. The Morgan fingerprint density at radius 2 is 1.90 bits per heavy atom. The first kappa shape index (κ1) is 15.0. The predicted molar refractivity (Wildman–Crippen MR) is 70.6 cm³/mol. The summed E-state index contributed by atoms with van der Waals surface area (Å²) < 4.78 is 43.6. The van der Waals surface area contributed by atoms with E-state index in [1.54, 1.807) is 6.92 Å². The lowest BCUT2D eigenvalue weighted by molar-refractivity contribution is -0.137. The van der Waals surface area contributed by atoms with Crippen LogP contribution in [0.15, 0.2) is 42.6 Å². The van der Waals surface area contributed by atoms with Crippen molar-refractivity contribution in [2.24, 2.45) is 0 Å². The molecule has 0 atom stereocenters. The van der Waals surface area contributed by atoms with Crippen molar-refractivity contribution in [2.45, 2.75) is 13.1 Å². The summed E-state index contributed by atoms with van der Waals surface area (Å²) in [7, 11) is 0. The summed E-state index contributed by atoms with van der Waals surface area (Å²) in [5.41, 5.74) is -0.442. The highest BCUT2D eigenvalue weighted by atomic mass is 19.4. The summed E-state index contributed by atoms with van der Waals surface area (Å²) in [4.78, 5) is 15.4. The first-order valence-corrected chi connectivity index (χ1v) is 6.23. The van der Waals surface area contributed by atoms with Crippen LogP contribution in [-0.2, 0) is 10.9 Å². The fraction of sp³-hybridized carbons (Fsp3) is 0.200. The molecule has 21 heavy (non-hydrogen) atoms. The molecule has 2 rings (SSSR count). The monoisotopic (exact) mass is 295 g/mol. The first-order chi connectivity index (χ1) is 9.93. The molecule has 0 spiro atoms. The minimum atomic E-state index is -4.46. The fourth-order valence-corrected chi connectivity index (χ4v) is 1.84. The van der Waals surface area contributed by atoms with Gasteiger partial charge in [-0.1, -0.05) is 18.2 Å².